The molecule has 0 aromatic heterocycles. The average molecular weight is 270 g/mol. The molecule has 0 radical (unpaired) electrons. The van der Waals surface area contributed by atoms with E-state index in [4.69, 9.17) is 26.8 Å². The molecular weight excluding hydrogens is 254 g/mol. The van der Waals surface area contributed by atoms with E-state index in [0.29, 0.717) is 24.7 Å². The van der Waals surface area contributed by atoms with Gasteiger partial charge < -0.3 is 20.3 Å². The summed E-state index contributed by atoms with van der Waals surface area (Å²) in [5.74, 6) is 1.12. The van der Waals surface area contributed by atoms with Crippen molar-refractivity contribution in [2.24, 2.45) is 5.73 Å². The Labute approximate surface area is 111 Å². The maximum Gasteiger partial charge on any atom is 0.183 e. The van der Waals surface area contributed by atoms with E-state index in [-0.39, 0.29) is 22.2 Å². The van der Waals surface area contributed by atoms with Crippen LogP contribution in [0.5, 0.6) is 17.2 Å². The second-order valence-electron chi connectivity index (χ2n) is 5.06. The number of phenolic OH excluding ortho intramolecular Hbond substituents is 1. The van der Waals surface area contributed by atoms with Crippen LogP contribution < -0.4 is 15.2 Å². The molecule has 0 amide bonds. The molecule has 1 aliphatic carbocycles. The summed E-state index contributed by atoms with van der Waals surface area (Å²) in [6, 6.07) is 1.80. The third-order valence-electron chi connectivity index (χ3n) is 3.95. The normalized spacial score (nSPS) is 21.5. The molecule has 0 bridgehead atoms. The Balaban J connectivity index is 2.14. The second-order valence-corrected chi connectivity index (χ2v) is 5.43. The van der Waals surface area contributed by atoms with Crippen LogP contribution in [0.15, 0.2) is 6.07 Å². The van der Waals surface area contributed by atoms with Crippen LogP contribution in [-0.4, -0.2) is 24.4 Å². The van der Waals surface area contributed by atoms with E-state index in [1.54, 1.807) is 0 Å². The van der Waals surface area contributed by atoms with E-state index in [9.17, 15) is 5.11 Å². The number of hydrogen-bond acceptors (Lipinski definition) is 4. The lowest BCUT2D eigenvalue weighted by molar-refractivity contribution is 0.170. The highest BCUT2D eigenvalue weighted by atomic mass is 35.5. The molecule has 3 rings (SSSR count). The van der Waals surface area contributed by atoms with E-state index in [1.165, 1.54) is 0 Å². The summed E-state index contributed by atoms with van der Waals surface area (Å²) in [6.07, 6.45) is 1.93. The fourth-order valence-electron chi connectivity index (χ4n) is 2.62. The van der Waals surface area contributed by atoms with Gasteiger partial charge in [-0.15, -0.1) is 0 Å². The van der Waals surface area contributed by atoms with Crippen LogP contribution >= 0.6 is 11.6 Å². The van der Waals surface area contributed by atoms with Gasteiger partial charge in [-0.05, 0) is 25.8 Å². The van der Waals surface area contributed by atoms with E-state index in [2.05, 4.69) is 0 Å². The summed E-state index contributed by atoms with van der Waals surface area (Å²) in [4.78, 5) is 0. The molecule has 1 aromatic rings. The SMILES string of the molecule is CC(N)C1(c2cc3c(c(Cl)c2O)OCCO3)CC1. The molecule has 3 N–H and O–H groups in total. The molecule has 98 valence electrons. The minimum absolute atomic E-state index is 0.0259. The van der Waals surface area contributed by atoms with Crippen molar-refractivity contribution in [3.8, 4) is 17.2 Å². The van der Waals surface area contributed by atoms with E-state index < -0.39 is 0 Å². The van der Waals surface area contributed by atoms with Crippen molar-refractivity contribution in [3.63, 3.8) is 0 Å². The van der Waals surface area contributed by atoms with Gasteiger partial charge in [0.15, 0.2) is 11.5 Å². The van der Waals surface area contributed by atoms with Crippen LogP contribution in [-0.2, 0) is 5.41 Å². The lowest BCUT2D eigenvalue weighted by Gasteiger charge is -2.26. The Morgan fingerprint density at radius 2 is 2.06 bits per heavy atom. The van der Waals surface area contributed by atoms with E-state index in [0.717, 1.165) is 18.4 Å². The molecular formula is C13H16ClNO3. The molecule has 0 spiro atoms. The van der Waals surface area contributed by atoms with Gasteiger partial charge in [0.2, 0.25) is 0 Å². The highest BCUT2D eigenvalue weighted by Gasteiger charge is 2.50. The number of hydrogen-bond donors (Lipinski definition) is 2. The van der Waals surface area contributed by atoms with Gasteiger partial charge in [0.05, 0.1) is 0 Å². The van der Waals surface area contributed by atoms with Crippen molar-refractivity contribution in [1.82, 2.24) is 0 Å². The summed E-state index contributed by atoms with van der Waals surface area (Å²) in [5.41, 5.74) is 6.65. The van der Waals surface area contributed by atoms with Gasteiger partial charge in [0, 0.05) is 17.0 Å². The summed E-state index contributed by atoms with van der Waals surface area (Å²) in [5, 5.41) is 10.5. The Hall–Kier alpha value is -1.13. The third kappa shape index (κ3) is 1.56. The highest BCUT2D eigenvalue weighted by molar-refractivity contribution is 6.34. The highest BCUT2D eigenvalue weighted by Crippen LogP contribution is 2.57. The van der Waals surface area contributed by atoms with Gasteiger partial charge in [-0.25, -0.2) is 0 Å². The molecule has 18 heavy (non-hydrogen) atoms. The number of benzene rings is 1. The lowest BCUT2D eigenvalue weighted by atomic mass is 9.88. The van der Waals surface area contributed by atoms with Crippen molar-refractivity contribution in [2.75, 3.05) is 13.2 Å². The Kier molecular flexibility index (Phi) is 2.61. The Bertz CT molecular complexity index is 497. The molecule has 1 fully saturated rings. The largest absolute Gasteiger partial charge is 0.506 e. The first kappa shape index (κ1) is 11.9. The minimum Gasteiger partial charge on any atom is -0.506 e. The van der Waals surface area contributed by atoms with Crippen molar-refractivity contribution < 1.29 is 14.6 Å². The van der Waals surface area contributed by atoms with Crippen LogP contribution in [0.25, 0.3) is 0 Å². The first-order valence-electron chi connectivity index (χ1n) is 6.13. The monoisotopic (exact) mass is 269 g/mol. The summed E-state index contributed by atoms with van der Waals surface area (Å²) >= 11 is 6.16. The van der Waals surface area contributed by atoms with Gasteiger partial charge >= 0.3 is 0 Å². The van der Waals surface area contributed by atoms with Crippen LogP contribution in [0, 0.1) is 0 Å². The Morgan fingerprint density at radius 1 is 1.39 bits per heavy atom. The van der Waals surface area contributed by atoms with Crippen LogP contribution in [0.2, 0.25) is 5.02 Å². The van der Waals surface area contributed by atoms with Crippen LogP contribution in [0.4, 0.5) is 0 Å². The van der Waals surface area contributed by atoms with Crippen molar-refractivity contribution >= 4 is 11.6 Å². The lowest BCUT2D eigenvalue weighted by Crippen LogP contribution is -2.31. The molecule has 1 aliphatic heterocycles. The fourth-order valence-corrected chi connectivity index (χ4v) is 2.87. The smallest absolute Gasteiger partial charge is 0.183 e. The summed E-state index contributed by atoms with van der Waals surface area (Å²) in [7, 11) is 0. The number of phenols is 1. The predicted molar refractivity (Wildman–Crippen MR) is 68.7 cm³/mol. The van der Waals surface area contributed by atoms with Gasteiger partial charge in [-0.2, -0.15) is 0 Å². The quantitative estimate of drug-likeness (QED) is 0.864. The van der Waals surface area contributed by atoms with Gasteiger partial charge in [-0.1, -0.05) is 11.6 Å². The third-order valence-corrected chi connectivity index (χ3v) is 4.30. The van der Waals surface area contributed by atoms with Gasteiger partial charge in [0.25, 0.3) is 0 Å². The topological polar surface area (TPSA) is 64.7 Å². The van der Waals surface area contributed by atoms with E-state index in [1.807, 2.05) is 13.0 Å². The van der Waals surface area contributed by atoms with Crippen molar-refractivity contribution in [2.45, 2.75) is 31.2 Å². The molecule has 2 aliphatic rings. The van der Waals surface area contributed by atoms with Gasteiger partial charge in [-0.3, -0.25) is 0 Å². The van der Waals surface area contributed by atoms with Crippen LogP contribution in [0.1, 0.15) is 25.3 Å². The first-order chi connectivity index (χ1) is 8.56. The molecule has 1 aromatic carbocycles. The Morgan fingerprint density at radius 3 is 2.67 bits per heavy atom. The molecule has 0 saturated heterocycles. The second kappa shape index (κ2) is 3.93. The molecule has 5 heteroatoms. The van der Waals surface area contributed by atoms with E-state index >= 15 is 0 Å². The number of nitrogens with two attached hydrogens (primary N) is 1. The number of halogens is 1. The van der Waals surface area contributed by atoms with Crippen LogP contribution in [0.3, 0.4) is 0 Å². The van der Waals surface area contributed by atoms with Gasteiger partial charge in [0.1, 0.15) is 24.0 Å². The maximum atomic E-state index is 10.3. The molecule has 4 nitrogen and oxygen atoms in total. The number of ether oxygens (including phenoxy) is 2. The average Bonchev–Trinajstić information content (AvgIpc) is 3.15. The zero-order valence-electron chi connectivity index (χ0n) is 10.2. The standard InChI is InChI=1S/C13H16ClNO3/c1-7(15)13(2-3-13)8-6-9-12(10(14)11(8)16)18-5-4-17-9/h6-7,16H,2-5,15H2,1H3. The molecule has 1 heterocycles. The minimum atomic E-state index is -0.163. The number of fused-ring (bicyclic) bond motifs is 1. The predicted octanol–water partition coefficient (Wildman–Crippen LogP) is 2.20. The molecule has 1 saturated carbocycles. The molecule has 1 atom stereocenters. The fraction of sp³-hybridized carbons (Fsp3) is 0.538. The first-order valence-corrected chi connectivity index (χ1v) is 6.51. The summed E-state index contributed by atoms with van der Waals surface area (Å²) < 4.78 is 11.0. The zero-order chi connectivity index (χ0) is 12.9. The maximum absolute atomic E-state index is 10.3. The number of rotatable bonds is 2. The zero-order valence-corrected chi connectivity index (χ0v) is 11.0. The van der Waals surface area contributed by atoms with Crippen molar-refractivity contribution in [1.29, 1.82) is 0 Å². The summed E-state index contributed by atoms with van der Waals surface area (Å²) in [6.45, 7) is 2.90. The molecule has 1 unspecified atom stereocenters. The van der Waals surface area contributed by atoms with Crippen molar-refractivity contribution in [3.05, 3.63) is 16.7 Å². The number of aromatic hydroxyl groups is 1.